The zero-order valence-electron chi connectivity index (χ0n) is 10.3. The highest BCUT2D eigenvalue weighted by molar-refractivity contribution is 5.93. The van der Waals surface area contributed by atoms with Gasteiger partial charge in [-0.2, -0.15) is 0 Å². The number of pyridine rings is 1. The molecule has 0 aliphatic carbocycles. The SMILES string of the molecule is CNC(=O)c1ccc(C2CCCNC2)nc1.Cl.Cl. The van der Waals surface area contributed by atoms with Crippen LogP contribution in [0.3, 0.4) is 0 Å². The summed E-state index contributed by atoms with van der Waals surface area (Å²) in [5.41, 5.74) is 1.70. The van der Waals surface area contributed by atoms with Gasteiger partial charge < -0.3 is 10.6 Å². The van der Waals surface area contributed by atoms with Crippen LogP contribution in [0.25, 0.3) is 0 Å². The summed E-state index contributed by atoms with van der Waals surface area (Å²) in [7, 11) is 1.63. The van der Waals surface area contributed by atoms with Crippen molar-refractivity contribution in [1.29, 1.82) is 0 Å². The molecule has 1 fully saturated rings. The van der Waals surface area contributed by atoms with Crippen molar-refractivity contribution in [2.45, 2.75) is 18.8 Å². The molecular formula is C12H19Cl2N3O. The molecule has 0 saturated carbocycles. The van der Waals surface area contributed by atoms with E-state index in [1.54, 1.807) is 13.2 Å². The molecule has 102 valence electrons. The van der Waals surface area contributed by atoms with E-state index in [0.717, 1.165) is 18.8 Å². The number of carbonyl (C=O) groups excluding carboxylic acids is 1. The highest BCUT2D eigenvalue weighted by Crippen LogP contribution is 2.21. The highest BCUT2D eigenvalue weighted by Gasteiger charge is 2.16. The number of aromatic nitrogens is 1. The monoisotopic (exact) mass is 291 g/mol. The van der Waals surface area contributed by atoms with Gasteiger partial charge in [-0.15, -0.1) is 24.8 Å². The van der Waals surface area contributed by atoms with Crippen LogP contribution in [0.5, 0.6) is 0 Å². The van der Waals surface area contributed by atoms with Gasteiger partial charge in [-0.25, -0.2) is 0 Å². The van der Waals surface area contributed by atoms with Crippen molar-refractivity contribution in [2.75, 3.05) is 20.1 Å². The molecule has 1 aliphatic heterocycles. The molecule has 6 heteroatoms. The van der Waals surface area contributed by atoms with E-state index in [-0.39, 0.29) is 30.7 Å². The van der Waals surface area contributed by atoms with E-state index >= 15 is 0 Å². The van der Waals surface area contributed by atoms with E-state index < -0.39 is 0 Å². The van der Waals surface area contributed by atoms with Crippen molar-refractivity contribution in [1.82, 2.24) is 15.6 Å². The molecule has 0 aromatic carbocycles. The maximum Gasteiger partial charge on any atom is 0.252 e. The third kappa shape index (κ3) is 4.12. The fraction of sp³-hybridized carbons (Fsp3) is 0.500. The molecule has 2 rings (SSSR count). The van der Waals surface area contributed by atoms with Gasteiger partial charge in [0.15, 0.2) is 0 Å². The second-order valence-corrected chi connectivity index (χ2v) is 4.09. The third-order valence-corrected chi connectivity index (χ3v) is 2.99. The Balaban J connectivity index is 0.00000144. The maximum atomic E-state index is 11.3. The van der Waals surface area contributed by atoms with Crippen LogP contribution in [0.2, 0.25) is 0 Å². The largest absolute Gasteiger partial charge is 0.355 e. The standard InChI is InChI=1S/C12H17N3O.2ClH/c1-13-12(16)10-4-5-11(15-8-10)9-3-2-6-14-7-9;;/h4-5,8-9,14H,2-3,6-7H2,1H3,(H,13,16);2*1H. The number of nitrogens with one attached hydrogen (secondary N) is 2. The van der Waals surface area contributed by atoms with E-state index in [1.807, 2.05) is 12.1 Å². The van der Waals surface area contributed by atoms with E-state index in [2.05, 4.69) is 15.6 Å². The molecule has 1 aromatic heterocycles. The molecule has 1 atom stereocenters. The first kappa shape index (κ1) is 17.2. The first-order valence-electron chi connectivity index (χ1n) is 5.70. The lowest BCUT2D eigenvalue weighted by atomic mass is 9.95. The van der Waals surface area contributed by atoms with E-state index in [1.165, 1.54) is 12.8 Å². The van der Waals surface area contributed by atoms with Crippen LogP contribution in [-0.4, -0.2) is 31.0 Å². The lowest BCUT2D eigenvalue weighted by molar-refractivity contribution is 0.0962. The van der Waals surface area contributed by atoms with Gasteiger partial charge in [-0.05, 0) is 31.5 Å². The van der Waals surface area contributed by atoms with E-state index in [4.69, 9.17) is 0 Å². The summed E-state index contributed by atoms with van der Waals surface area (Å²) in [6.07, 6.45) is 4.03. The fourth-order valence-electron chi connectivity index (χ4n) is 2.03. The van der Waals surface area contributed by atoms with Crippen molar-refractivity contribution in [3.8, 4) is 0 Å². The van der Waals surface area contributed by atoms with Crippen molar-refractivity contribution < 1.29 is 4.79 Å². The number of rotatable bonds is 2. The van der Waals surface area contributed by atoms with Crippen molar-refractivity contribution in [2.24, 2.45) is 0 Å². The summed E-state index contributed by atoms with van der Waals surface area (Å²) in [6.45, 7) is 2.10. The van der Waals surface area contributed by atoms with Crippen molar-refractivity contribution >= 4 is 30.7 Å². The zero-order chi connectivity index (χ0) is 11.4. The summed E-state index contributed by atoms with van der Waals surface area (Å²) >= 11 is 0. The van der Waals surface area contributed by atoms with E-state index in [9.17, 15) is 4.79 Å². The lowest BCUT2D eigenvalue weighted by Gasteiger charge is -2.22. The quantitative estimate of drug-likeness (QED) is 0.873. The maximum absolute atomic E-state index is 11.3. The summed E-state index contributed by atoms with van der Waals surface area (Å²) in [5.74, 6) is 0.410. The van der Waals surface area contributed by atoms with E-state index in [0.29, 0.717) is 11.5 Å². The molecule has 2 N–H and O–H groups in total. The second kappa shape index (κ2) is 8.29. The van der Waals surface area contributed by atoms with Crippen LogP contribution in [0, 0.1) is 0 Å². The van der Waals surface area contributed by atoms with Gasteiger partial charge in [0, 0.05) is 31.4 Å². The number of nitrogens with zero attached hydrogens (tertiary/aromatic N) is 1. The molecule has 0 radical (unpaired) electrons. The number of halogens is 2. The number of amides is 1. The van der Waals surface area contributed by atoms with Crippen molar-refractivity contribution in [3.63, 3.8) is 0 Å². The Morgan fingerprint density at radius 1 is 1.44 bits per heavy atom. The minimum atomic E-state index is -0.0826. The smallest absolute Gasteiger partial charge is 0.252 e. The van der Waals surface area contributed by atoms with Gasteiger partial charge >= 0.3 is 0 Å². The van der Waals surface area contributed by atoms with Crippen LogP contribution in [0.15, 0.2) is 18.3 Å². The Labute approximate surface area is 120 Å². The molecule has 1 unspecified atom stereocenters. The van der Waals surface area contributed by atoms with Crippen LogP contribution in [0.4, 0.5) is 0 Å². The zero-order valence-corrected chi connectivity index (χ0v) is 11.9. The van der Waals surface area contributed by atoms with Crippen LogP contribution < -0.4 is 10.6 Å². The normalized spacial score (nSPS) is 18.2. The van der Waals surface area contributed by atoms with Crippen LogP contribution in [0.1, 0.15) is 34.8 Å². The topological polar surface area (TPSA) is 54.0 Å². The summed E-state index contributed by atoms with van der Waals surface area (Å²) in [6, 6.07) is 3.80. The van der Waals surface area contributed by atoms with Gasteiger partial charge in [-0.1, -0.05) is 0 Å². The highest BCUT2D eigenvalue weighted by atomic mass is 35.5. The second-order valence-electron chi connectivity index (χ2n) is 4.09. The van der Waals surface area contributed by atoms with Gasteiger partial charge in [-0.3, -0.25) is 9.78 Å². The minimum absolute atomic E-state index is 0. The number of piperidine rings is 1. The lowest BCUT2D eigenvalue weighted by Crippen LogP contribution is -2.29. The Morgan fingerprint density at radius 3 is 2.72 bits per heavy atom. The molecule has 0 spiro atoms. The van der Waals surface area contributed by atoms with Crippen LogP contribution in [-0.2, 0) is 0 Å². The molecular weight excluding hydrogens is 273 g/mol. The first-order valence-corrected chi connectivity index (χ1v) is 5.70. The molecule has 1 amide bonds. The molecule has 2 heterocycles. The Hall–Kier alpha value is -0.840. The van der Waals surface area contributed by atoms with Gasteiger partial charge in [0.2, 0.25) is 0 Å². The molecule has 1 aliphatic rings. The van der Waals surface area contributed by atoms with Gasteiger partial charge in [0.25, 0.3) is 5.91 Å². The first-order chi connectivity index (χ1) is 7.81. The molecule has 1 aromatic rings. The van der Waals surface area contributed by atoms with Gasteiger partial charge in [0.05, 0.1) is 5.56 Å². The molecule has 1 saturated heterocycles. The Bertz CT molecular complexity index is 364. The average Bonchev–Trinajstić information content (AvgIpc) is 2.39. The van der Waals surface area contributed by atoms with Gasteiger partial charge in [0.1, 0.15) is 0 Å². The fourth-order valence-corrected chi connectivity index (χ4v) is 2.03. The number of hydrogen-bond acceptors (Lipinski definition) is 3. The Kier molecular flexibility index (Phi) is 7.91. The summed E-state index contributed by atoms with van der Waals surface area (Å²) in [4.78, 5) is 15.7. The number of hydrogen-bond donors (Lipinski definition) is 2. The Morgan fingerprint density at radius 2 is 2.22 bits per heavy atom. The summed E-state index contributed by atoms with van der Waals surface area (Å²) in [5, 5.41) is 5.95. The third-order valence-electron chi connectivity index (χ3n) is 2.99. The average molecular weight is 292 g/mol. The van der Waals surface area contributed by atoms with Crippen molar-refractivity contribution in [3.05, 3.63) is 29.6 Å². The molecule has 18 heavy (non-hydrogen) atoms. The summed E-state index contributed by atoms with van der Waals surface area (Å²) < 4.78 is 0. The predicted molar refractivity (Wildman–Crippen MR) is 77.0 cm³/mol. The minimum Gasteiger partial charge on any atom is -0.355 e. The predicted octanol–water partition coefficient (Wildman–Crippen LogP) is 1.75. The number of carbonyl (C=O) groups is 1. The van der Waals surface area contributed by atoms with Crippen LogP contribution >= 0.6 is 24.8 Å². The molecule has 0 bridgehead atoms. The molecule has 4 nitrogen and oxygen atoms in total.